The van der Waals surface area contributed by atoms with Crippen LogP contribution in [0.4, 0.5) is 6.01 Å². The van der Waals surface area contributed by atoms with Crippen LogP contribution in [-0.4, -0.2) is 46.3 Å². The summed E-state index contributed by atoms with van der Waals surface area (Å²) in [5.74, 6) is -0.378. The third kappa shape index (κ3) is 4.30. The van der Waals surface area contributed by atoms with Crippen LogP contribution in [0.5, 0.6) is 0 Å². The zero-order valence-electron chi connectivity index (χ0n) is 16.1. The van der Waals surface area contributed by atoms with Gasteiger partial charge in [-0.25, -0.2) is 13.4 Å². The number of sulfone groups is 1. The van der Waals surface area contributed by atoms with E-state index in [-0.39, 0.29) is 27.6 Å². The SMILES string of the molecule is Cc1ncc(-c2ccc(S(=O)(=O)C(C)C)cc2)nc1-c1nnc(NC(=O)CN)o1.[HH].[HH].[HH]. The molecule has 0 bridgehead atoms. The molecule has 1 aromatic carbocycles. The van der Waals surface area contributed by atoms with Gasteiger partial charge in [0.2, 0.25) is 5.91 Å². The molecule has 158 valence electrons. The number of benzene rings is 1. The molecule has 0 fully saturated rings. The Balaban J connectivity index is 0.00000320. The van der Waals surface area contributed by atoms with E-state index in [1.807, 2.05) is 0 Å². The third-order valence-electron chi connectivity index (χ3n) is 4.11. The van der Waals surface area contributed by atoms with E-state index in [0.29, 0.717) is 22.6 Å². The molecular formula is C18H26N6O4S. The standard InChI is InChI=1S/C18H20N6O4S.3H2/c1-10(2)29(26,27)13-6-4-12(5-7-13)14-9-20-11(3)16(21-14)17-23-24-18(28-17)22-15(25)8-19;;;/h4-7,9-10H,8,19H2,1-3H3,(H,22,24,25);3*1H. The Hall–Kier alpha value is -3.18. The van der Waals surface area contributed by atoms with Gasteiger partial charge in [0.25, 0.3) is 5.89 Å². The van der Waals surface area contributed by atoms with Gasteiger partial charge in [0.15, 0.2) is 9.84 Å². The lowest BCUT2D eigenvalue weighted by atomic mass is 10.1. The molecule has 0 saturated carbocycles. The van der Waals surface area contributed by atoms with Gasteiger partial charge in [-0.3, -0.25) is 15.1 Å². The molecule has 29 heavy (non-hydrogen) atoms. The molecule has 0 aliphatic carbocycles. The van der Waals surface area contributed by atoms with E-state index in [0.717, 1.165) is 0 Å². The molecule has 11 heteroatoms. The van der Waals surface area contributed by atoms with Crippen LogP contribution in [0, 0.1) is 6.92 Å². The van der Waals surface area contributed by atoms with Crippen LogP contribution >= 0.6 is 0 Å². The predicted molar refractivity (Wildman–Crippen MR) is 112 cm³/mol. The summed E-state index contributed by atoms with van der Waals surface area (Å²) in [6.45, 7) is 4.78. The van der Waals surface area contributed by atoms with Crippen molar-refractivity contribution < 1.29 is 21.9 Å². The van der Waals surface area contributed by atoms with Gasteiger partial charge in [0, 0.05) is 9.84 Å². The van der Waals surface area contributed by atoms with Gasteiger partial charge in [0.05, 0.1) is 34.3 Å². The average molecular weight is 423 g/mol. The van der Waals surface area contributed by atoms with Gasteiger partial charge in [-0.05, 0) is 32.9 Å². The molecular weight excluding hydrogens is 396 g/mol. The van der Waals surface area contributed by atoms with E-state index in [1.165, 1.54) is 0 Å². The van der Waals surface area contributed by atoms with E-state index in [2.05, 4.69) is 25.5 Å². The molecule has 0 spiro atoms. The van der Waals surface area contributed by atoms with Crippen molar-refractivity contribution >= 4 is 21.8 Å². The Kier molecular flexibility index (Phi) is 5.71. The Morgan fingerprint density at radius 2 is 1.93 bits per heavy atom. The highest BCUT2D eigenvalue weighted by Crippen LogP contribution is 2.26. The number of nitrogens with zero attached hydrogens (tertiary/aromatic N) is 4. The maximum Gasteiger partial charge on any atom is 0.322 e. The molecule has 0 radical (unpaired) electrons. The molecule has 0 saturated heterocycles. The van der Waals surface area contributed by atoms with Gasteiger partial charge < -0.3 is 10.2 Å². The zero-order valence-corrected chi connectivity index (χ0v) is 16.9. The molecule has 3 N–H and O–H groups in total. The number of nitrogens with two attached hydrogens (primary N) is 1. The number of hydrogen-bond donors (Lipinski definition) is 2. The van der Waals surface area contributed by atoms with Crippen LogP contribution in [-0.2, 0) is 14.6 Å². The Morgan fingerprint density at radius 1 is 1.24 bits per heavy atom. The molecule has 2 aromatic heterocycles. The van der Waals surface area contributed by atoms with Crippen molar-refractivity contribution in [3.8, 4) is 22.8 Å². The van der Waals surface area contributed by atoms with Gasteiger partial charge in [-0.2, -0.15) is 0 Å². The number of carbonyl (C=O) groups excluding carboxylic acids is 1. The van der Waals surface area contributed by atoms with Crippen molar-refractivity contribution in [2.75, 3.05) is 11.9 Å². The average Bonchev–Trinajstić information content (AvgIpc) is 3.16. The molecule has 2 heterocycles. The van der Waals surface area contributed by atoms with E-state index in [4.69, 9.17) is 10.2 Å². The fourth-order valence-corrected chi connectivity index (χ4v) is 3.48. The number of aromatic nitrogens is 4. The van der Waals surface area contributed by atoms with Crippen molar-refractivity contribution in [1.82, 2.24) is 20.2 Å². The van der Waals surface area contributed by atoms with Crippen LogP contribution in [0.2, 0.25) is 0 Å². The first-order valence-electron chi connectivity index (χ1n) is 8.74. The lowest BCUT2D eigenvalue weighted by Crippen LogP contribution is -2.21. The Labute approximate surface area is 172 Å². The van der Waals surface area contributed by atoms with Crippen LogP contribution in [0.15, 0.2) is 39.8 Å². The highest BCUT2D eigenvalue weighted by atomic mass is 32.2. The number of carbonyl (C=O) groups is 1. The first-order valence-corrected chi connectivity index (χ1v) is 10.3. The molecule has 3 rings (SSSR count). The van der Waals surface area contributed by atoms with Crippen LogP contribution < -0.4 is 11.1 Å². The van der Waals surface area contributed by atoms with Crippen molar-refractivity contribution in [3.05, 3.63) is 36.2 Å². The fourth-order valence-electron chi connectivity index (χ4n) is 2.42. The maximum absolute atomic E-state index is 12.3. The summed E-state index contributed by atoms with van der Waals surface area (Å²) in [5.41, 5.74) is 7.32. The Bertz CT molecular complexity index is 1150. The van der Waals surface area contributed by atoms with Crippen molar-refractivity contribution in [3.63, 3.8) is 0 Å². The van der Waals surface area contributed by atoms with E-state index in [1.54, 1.807) is 51.2 Å². The monoisotopic (exact) mass is 422 g/mol. The maximum atomic E-state index is 12.3. The summed E-state index contributed by atoms with van der Waals surface area (Å²) in [7, 11) is -3.36. The minimum absolute atomic E-state index is 0. The molecule has 0 atom stereocenters. The van der Waals surface area contributed by atoms with Crippen molar-refractivity contribution in [1.29, 1.82) is 0 Å². The predicted octanol–water partition coefficient (Wildman–Crippen LogP) is 2.32. The largest absolute Gasteiger partial charge is 0.401 e. The van der Waals surface area contributed by atoms with Gasteiger partial charge in [0.1, 0.15) is 5.69 Å². The van der Waals surface area contributed by atoms with E-state index < -0.39 is 21.0 Å². The van der Waals surface area contributed by atoms with Gasteiger partial charge in [-0.1, -0.05) is 17.2 Å². The zero-order chi connectivity index (χ0) is 21.2. The number of aryl methyl sites for hydroxylation is 1. The third-order valence-corrected chi connectivity index (χ3v) is 6.28. The summed E-state index contributed by atoms with van der Waals surface area (Å²) in [4.78, 5) is 20.4. The summed E-state index contributed by atoms with van der Waals surface area (Å²) in [5, 5.41) is 9.48. The summed E-state index contributed by atoms with van der Waals surface area (Å²) in [6.07, 6.45) is 1.57. The minimum atomic E-state index is -3.36. The highest BCUT2D eigenvalue weighted by molar-refractivity contribution is 7.92. The molecule has 10 nitrogen and oxygen atoms in total. The fraction of sp³-hybridized carbons (Fsp3) is 0.278. The number of rotatable bonds is 6. The highest BCUT2D eigenvalue weighted by Gasteiger charge is 2.20. The summed E-state index contributed by atoms with van der Waals surface area (Å²) >= 11 is 0. The number of amides is 1. The first-order chi connectivity index (χ1) is 13.7. The molecule has 1 amide bonds. The molecule has 0 aliphatic rings. The number of hydrogen-bond acceptors (Lipinski definition) is 9. The lowest BCUT2D eigenvalue weighted by Gasteiger charge is -2.09. The number of anilines is 1. The van der Waals surface area contributed by atoms with Crippen molar-refractivity contribution in [2.24, 2.45) is 5.73 Å². The second-order valence-corrected chi connectivity index (χ2v) is 8.98. The summed E-state index contributed by atoms with van der Waals surface area (Å²) in [6, 6.07) is 6.32. The van der Waals surface area contributed by atoms with E-state index >= 15 is 0 Å². The second kappa shape index (κ2) is 8.05. The lowest BCUT2D eigenvalue weighted by molar-refractivity contribution is -0.115. The van der Waals surface area contributed by atoms with Crippen LogP contribution in [0.3, 0.4) is 0 Å². The molecule has 0 unspecified atom stereocenters. The smallest absolute Gasteiger partial charge is 0.322 e. The number of nitrogens with one attached hydrogen (secondary N) is 1. The van der Waals surface area contributed by atoms with Gasteiger partial charge in [-0.15, -0.1) is 5.10 Å². The quantitative estimate of drug-likeness (QED) is 0.609. The van der Waals surface area contributed by atoms with E-state index in [9.17, 15) is 13.2 Å². The van der Waals surface area contributed by atoms with Crippen LogP contribution in [0.1, 0.15) is 23.8 Å². The van der Waals surface area contributed by atoms with Crippen molar-refractivity contribution in [2.45, 2.75) is 30.9 Å². The topological polar surface area (TPSA) is 154 Å². The minimum Gasteiger partial charge on any atom is -0.401 e. The molecule has 3 aromatic rings. The normalized spacial score (nSPS) is 11.6. The first kappa shape index (κ1) is 20.6. The molecule has 0 aliphatic heterocycles. The Morgan fingerprint density at radius 3 is 2.55 bits per heavy atom. The second-order valence-electron chi connectivity index (χ2n) is 6.47. The van der Waals surface area contributed by atoms with Gasteiger partial charge >= 0.3 is 6.01 Å². The van der Waals surface area contributed by atoms with Crippen LogP contribution in [0.25, 0.3) is 22.8 Å². The summed E-state index contributed by atoms with van der Waals surface area (Å²) < 4.78 is 30.0.